The fourth-order valence-electron chi connectivity index (χ4n) is 4.34. The molecule has 0 N–H and O–H groups in total. The summed E-state index contributed by atoms with van der Waals surface area (Å²) >= 11 is 0. The Hall–Kier alpha value is -2.38. The third kappa shape index (κ3) is 5.28. The van der Waals surface area contributed by atoms with E-state index in [-0.39, 0.29) is 6.10 Å². The molecule has 0 atom stereocenters. The molecule has 1 saturated heterocycles. The van der Waals surface area contributed by atoms with Gasteiger partial charge in [0.1, 0.15) is 0 Å². The van der Waals surface area contributed by atoms with Crippen LogP contribution in [0.2, 0.25) is 0 Å². The van der Waals surface area contributed by atoms with Crippen molar-refractivity contribution in [2.45, 2.75) is 46.4 Å². The van der Waals surface area contributed by atoms with E-state index in [4.69, 9.17) is 19.4 Å². The van der Waals surface area contributed by atoms with Gasteiger partial charge in [-0.1, -0.05) is 13.0 Å². The van der Waals surface area contributed by atoms with E-state index in [0.29, 0.717) is 0 Å². The number of anilines is 1. The Morgan fingerprint density at radius 3 is 2.55 bits per heavy atom. The van der Waals surface area contributed by atoms with Crippen LogP contribution in [0.1, 0.15) is 37.6 Å². The van der Waals surface area contributed by atoms with Crippen LogP contribution in [0, 0.1) is 0 Å². The molecule has 2 aliphatic rings. The lowest BCUT2D eigenvalue weighted by atomic mass is 10.1. The van der Waals surface area contributed by atoms with Gasteiger partial charge >= 0.3 is 0 Å². The summed E-state index contributed by atoms with van der Waals surface area (Å²) < 4.78 is 11.4. The maximum atomic E-state index is 5.84. The summed E-state index contributed by atoms with van der Waals surface area (Å²) in [6.07, 6.45) is 3.13. The van der Waals surface area contributed by atoms with Crippen molar-refractivity contribution in [3.8, 4) is 11.5 Å². The molecule has 0 bridgehead atoms. The average Bonchev–Trinajstić information content (AvgIpc) is 2.79. The number of nitrogens with zero attached hydrogens (tertiary/aromatic N) is 5. The summed E-state index contributed by atoms with van der Waals surface area (Å²) in [7, 11) is 1.69. The minimum Gasteiger partial charge on any atom is -0.493 e. The molecule has 0 spiro atoms. The third-order valence-corrected chi connectivity index (χ3v) is 6.10. The molecule has 1 aromatic heterocycles. The molecule has 7 heteroatoms. The van der Waals surface area contributed by atoms with Crippen LogP contribution < -0.4 is 14.4 Å². The summed E-state index contributed by atoms with van der Waals surface area (Å²) in [5, 5.41) is 0. The Kier molecular flexibility index (Phi) is 6.92. The minimum atomic E-state index is 0.124. The molecule has 0 saturated carbocycles. The fourth-order valence-corrected chi connectivity index (χ4v) is 4.34. The Balaban J connectivity index is 1.39. The standard InChI is InChI=1S/C24H35N5O2/c1-5-27-10-12-29(13-11-27)24-25-15-20-17-28(9-8-21(20)26-24)16-19-6-7-22(31-18(2)3)23(14-19)30-4/h6-7,14-15,18H,5,8-13,16-17H2,1-4H3. The summed E-state index contributed by atoms with van der Waals surface area (Å²) in [5.74, 6) is 2.49. The first kappa shape index (κ1) is 21.8. The first-order valence-electron chi connectivity index (χ1n) is 11.4. The number of piperazine rings is 1. The van der Waals surface area contributed by atoms with E-state index in [2.05, 4.69) is 33.8 Å². The summed E-state index contributed by atoms with van der Waals surface area (Å²) in [6.45, 7) is 14.4. The molecule has 0 amide bonds. The Morgan fingerprint density at radius 2 is 1.84 bits per heavy atom. The van der Waals surface area contributed by atoms with E-state index >= 15 is 0 Å². The van der Waals surface area contributed by atoms with Crippen molar-refractivity contribution in [1.29, 1.82) is 0 Å². The largest absolute Gasteiger partial charge is 0.493 e. The van der Waals surface area contributed by atoms with Gasteiger partial charge in [0.25, 0.3) is 0 Å². The van der Waals surface area contributed by atoms with Crippen molar-refractivity contribution in [1.82, 2.24) is 19.8 Å². The minimum absolute atomic E-state index is 0.124. The van der Waals surface area contributed by atoms with Crippen LogP contribution in [-0.2, 0) is 19.5 Å². The maximum absolute atomic E-state index is 5.84. The van der Waals surface area contributed by atoms with Crippen molar-refractivity contribution >= 4 is 5.95 Å². The van der Waals surface area contributed by atoms with E-state index < -0.39 is 0 Å². The highest BCUT2D eigenvalue weighted by Gasteiger charge is 2.22. The van der Waals surface area contributed by atoms with Gasteiger partial charge in [-0.15, -0.1) is 0 Å². The SMILES string of the molecule is CCN1CCN(c2ncc3c(n2)CCN(Cc2ccc(OC(C)C)c(OC)c2)C3)CC1. The highest BCUT2D eigenvalue weighted by molar-refractivity contribution is 5.43. The topological polar surface area (TPSA) is 54.0 Å². The van der Waals surface area contributed by atoms with Crippen LogP contribution in [0.15, 0.2) is 24.4 Å². The lowest BCUT2D eigenvalue weighted by Crippen LogP contribution is -2.47. The van der Waals surface area contributed by atoms with Crippen LogP contribution >= 0.6 is 0 Å². The Labute approximate surface area is 186 Å². The number of ether oxygens (including phenoxy) is 2. The van der Waals surface area contributed by atoms with Gasteiger partial charge in [-0.25, -0.2) is 9.97 Å². The molecule has 0 radical (unpaired) electrons. The van der Waals surface area contributed by atoms with Gasteiger partial charge in [0.15, 0.2) is 11.5 Å². The molecular weight excluding hydrogens is 390 g/mol. The van der Waals surface area contributed by atoms with Gasteiger partial charge in [-0.3, -0.25) is 4.90 Å². The number of methoxy groups -OCH3 is 1. The van der Waals surface area contributed by atoms with Gasteiger partial charge in [-0.05, 0) is 38.1 Å². The predicted octanol–water partition coefficient (Wildman–Crippen LogP) is 2.97. The molecule has 1 aromatic carbocycles. The third-order valence-electron chi connectivity index (χ3n) is 6.10. The second-order valence-electron chi connectivity index (χ2n) is 8.68. The highest BCUT2D eigenvalue weighted by atomic mass is 16.5. The smallest absolute Gasteiger partial charge is 0.225 e. The monoisotopic (exact) mass is 425 g/mol. The highest BCUT2D eigenvalue weighted by Crippen LogP contribution is 2.30. The lowest BCUT2D eigenvalue weighted by Gasteiger charge is -2.35. The van der Waals surface area contributed by atoms with Crippen molar-refractivity contribution in [3.05, 3.63) is 41.2 Å². The zero-order valence-electron chi connectivity index (χ0n) is 19.3. The second-order valence-corrected chi connectivity index (χ2v) is 8.68. The van der Waals surface area contributed by atoms with Crippen molar-refractivity contribution in [3.63, 3.8) is 0 Å². The normalized spacial score (nSPS) is 17.6. The number of rotatable bonds is 7. The molecule has 3 heterocycles. The van der Waals surface area contributed by atoms with E-state index in [1.54, 1.807) is 7.11 Å². The number of likely N-dealkylation sites (N-methyl/N-ethyl adjacent to an activating group) is 1. The fraction of sp³-hybridized carbons (Fsp3) is 0.583. The zero-order chi connectivity index (χ0) is 21.8. The first-order valence-corrected chi connectivity index (χ1v) is 11.4. The molecular formula is C24H35N5O2. The average molecular weight is 426 g/mol. The quantitative estimate of drug-likeness (QED) is 0.676. The first-order chi connectivity index (χ1) is 15.1. The Morgan fingerprint density at radius 1 is 1.03 bits per heavy atom. The van der Waals surface area contributed by atoms with Crippen LogP contribution in [0.3, 0.4) is 0 Å². The molecule has 0 unspecified atom stereocenters. The van der Waals surface area contributed by atoms with E-state index in [1.165, 1.54) is 16.8 Å². The number of fused-ring (bicyclic) bond motifs is 1. The Bertz CT molecular complexity index is 880. The van der Waals surface area contributed by atoms with E-state index in [9.17, 15) is 0 Å². The number of hydrogen-bond acceptors (Lipinski definition) is 7. The van der Waals surface area contributed by atoms with Gasteiger partial charge < -0.3 is 19.3 Å². The predicted molar refractivity (Wildman–Crippen MR) is 123 cm³/mol. The van der Waals surface area contributed by atoms with Crippen molar-refractivity contribution in [2.24, 2.45) is 0 Å². The zero-order valence-corrected chi connectivity index (χ0v) is 19.3. The number of benzene rings is 1. The van der Waals surface area contributed by atoms with E-state index in [0.717, 1.165) is 76.2 Å². The molecule has 2 aliphatic heterocycles. The second kappa shape index (κ2) is 9.83. The lowest BCUT2D eigenvalue weighted by molar-refractivity contribution is 0.228. The number of aromatic nitrogens is 2. The summed E-state index contributed by atoms with van der Waals surface area (Å²) in [6, 6.07) is 6.23. The molecule has 2 aromatic rings. The molecule has 1 fully saturated rings. The van der Waals surface area contributed by atoms with Crippen molar-refractivity contribution < 1.29 is 9.47 Å². The summed E-state index contributed by atoms with van der Waals surface area (Å²) in [5.41, 5.74) is 3.68. The van der Waals surface area contributed by atoms with Gasteiger partial charge in [0.2, 0.25) is 5.95 Å². The summed E-state index contributed by atoms with van der Waals surface area (Å²) in [4.78, 5) is 16.9. The van der Waals surface area contributed by atoms with Crippen LogP contribution in [0.4, 0.5) is 5.95 Å². The van der Waals surface area contributed by atoms with Gasteiger partial charge in [-0.2, -0.15) is 0 Å². The van der Waals surface area contributed by atoms with Crippen LogP contribution in [0.5, 0.6) is 11.5 Å². The van der Waals surface area contributed by atoms with Crippen LogP contribution in [0.25, 0.3) is 0 Å². The maximum Gasteiger partial charge on any atom is 0.225 e. The van der Waals surface area contributed by atoms with Crippen molar-refractivity contribution in [2.75, 3.05) is 51.3 Å². The molecule has 0 aliphatic carbocycles. The molecule has 4 rings (SSSR count). The molecule has 168 valence electrons. The number of hydrogen-bond donors (Lipinski definition) is 0. The van der Waals surface area contributed by atoms with Crippen LogP contribution in [-0.4, -0.2) is 72.3 Å². The van der Waals surface area contributed by atoms with E-state index in [1.807, 2.05) is 26.1 Å². The van der Waals surface area contributed by atoms with Gasteiger partial charge in [0, 0.05) is 64.0 Å². The molecule has 7 nitrogen and oxygen atoms in total. The van der Waals surface area contributed by atoms with Gasteiger partial charge in [0.05, 0.1) is 18.9 Å². The molecule has 31 heavy (non-hydrogen) atoms.